The quantitative estimate of drug-likeness (QED) is 0.591. The summed E-state index contributed by atoms with van der Waals surface area (Å²) >= 11 is 0. The van der Waals surface area contributed by atoms with Crippen LogP contribution in [0.3, 0.4) is 0 Å². The zero-order valence-electron chi connectivity index (χ0n) is 7.69. The van der Waals surface area contributed by atoms with Crippen molar-refractivity contribution < 1.29 is 36.2 Å². The zero-order valence-corrected chi connectivity index (χ0v) is 7.69. The highest BCUT2D eigenvalue weighted by Crippen LogP contribution is 2.40. The van der Waals surface area contributed by atoms with Crippen LogP contribution < -0.4 is 0 Å². The van der Waals surface area contributed by atoms with E-state index >= 15 is 0 Å². The lowest BCUT2D eigenvalue weighted by atomic mass is 10.3. The molecular weight excluding hydrogens is 230 g/mol. The SMILES string of the molecule is CCCC(O)OC(F)C(F)(F)C(F)(F)F. The minimum atomic E-state index is -6.04. The van der Waals surface area contributed by atoms with Gasteiger partial charge in [0.05, 0.1) is 0 Å². The molecule has 0 heterocycles. The van der Waals surface area contributed by atoms with Gasteiger partial charge >= 0.3 is 12.1 Å². The van der Waals surface area contributed by atoms with Gasteiger partial charge in [0.25, 0.3) is 6.36 Å². The highest BCUT2D eigenvalue weighted by Gasteiger charge is 2.64. The van der Waals surface area contributed by atoms with E-state index in [9.17, 15) is 26.3 Å². The van der Waals surface area contributed by atoms with Crippen LogP contribution in [0.2, 0.25) is 0 Å². The van der Waals surface area contributed by atoms with E-state index in [1.165, 1.54) is 6.92 Å². The van der Waals surface area contributed by atoms with E-state index in [0.29, 0.717) is 0 Å². The van der Waals surface area contributed by atoms with Gasteiger partial charge in [0.15, 0.2) is 6.29 Å². The lowest BCUT2D eigenvalue weighted by molar-refractivity contribution is -0.358. The number of ether oxygens (including phenoxy) is 1. The van der Waals surface area contributed by atoms with Gasteiger partial charge in [-0.25, -0.2) is 4.39 Å². The van der Waals surface area contributed by atoms with Crippen molar-refractivity contribution in [1.82, 2.24) is 0 Å². The number of aliphatic hydroxyl groups is 1. The highest BCUT2D eigenvalue weighted by molar-refractivity contribution is 4.79. The highest BCUT2D eigenvalue weighted by atomic mass is 19.4. The van der Waals surface area contributed by atoms with E-state index in [1.54, 1.807) is 0 Å². The summed E-state index contributed by atoms with van der Waals surface area (Å²) in [6, 6.07) is 0. The van der Waals surface area contributed by atoms with Gasteiger partial charge in [-0.05, 0) is 6.42 Å². The summed E-state index contributed by atoms with van der Waals surface area (Å²) in [6.45, 7) is 1.52. The summed E-state index contributed by atoms with van der Waals surface area (Å²) in [5.41, 5.74) is 0. The second-order valence-electron chi connectivity index (χ2n) is 2.82. The van der Waals surface area contributed by atoms with E-state index in [4.69, 9.17) is 5.11 Å². The molecule has 2 atom stereocenters. The average molecular weight is 240 g/mol. The molecule has 0 bridgehead atoms. The van der Waals surface area contributed by atoms with Gasteiger partial charge in [0.2, 0.25) is 0 Å². The maximum atomic E-state index is 12.4. The van der Waals surface area contributed by atoms with E-state index in [-0.39, 0.29) is 12.8 Å². The molecule has 0 saturated heterocycles. The molecule has 0 aliphatic carbocycles. The topological polar surface area (TPSA) is 29.5 Å². The maximum absolute atomic E-state index is 12.4. The summed E-state index contributed by atoms with van der Waals surface area (Å²) in [7, 11) is 0. The largest absolute Gasteiger partial charge is 0.459 e. The monoisotopic (exact) mass is 240 g/mol. The molecule has 0 rings (SSSR count). The molecule has 0 amide bonds. The van der Waals surface area contributed by atoms with Crippen molar-refractivity contribution in [2.24, 2.45) is 0 Å². The molecule has 15 heavy (non-hydrogen) atoms. The molecule has 0 aliphatic rings. The van der Waals surface area contributed by atoms with Gasteiger partial charge in [0.1, 0.15) is 0 Å². The minimum absolute atomic E-state index is 0.228. The molecule has 0 saturated carbocycles. The molecule has 2 nitrogen and oxygen atoms in total. The van der Waals surface area contributed by atoms with E-state index < -0.39 is 24.7 Å². The number of rotatable bonds is 5. The van der Waals surface area contributed by atoms with Crippen molar-refractivity contribution in [2.45, 2.75) is 44.5 Å². The summed E-state index contributed by atoms with van der Waals surface area (Å²) in [4.78, 5) is 0. The first-order valence-corrected chi connectivity index (χ1v) is 4.05. The Bertz CT molecular complexity index is 192. The number of hydrogen-bond donors (Lipinski definition) is 1. The first kappa shape index (κ1) is 14.5. The van der Waals surface area contributed by atoms with Crippen molar-refractivity contribution in [3.63, 3.8) is 0 Å². The molecule has 0 spiro atoms. The van der Waals surface area contributed by atoms with E-state index in [2.05, 4.69) is 4.74 Å². The van der Waals surface area contributed by atoms with Crippen molar-refractivity contribution in [3.8, 4) is 0 Å². The minimum Gasteiger partial charge on any atom is -0.368 e. The van der Waals surface area contributed by atoms with Crippen LogP contribution in [-0.4, -0.2) is 29.9 Å². The Morgan fingerprint density at radius 1 is 1.20 bits per heavy atom. The van der Waals surface area contributed by atoms with E-state index in [0.717, 1.165) is 0 Å². The van der Waals surface area contributed by atoms with Crippen molar-refractivity contribution in [3.05, 3.63) is 0 Å². The standard InChI is InChI=1S/C7H10F6O2/c1-2-3-4(14)15-5(8)6(9,10)7(11,12)13/h4-5,14H,2-3H2,1H3. The van der Waals surface area contributed by atoms with Crippen LogP contribution in [0.25, 0.3) is 0 Å². The average Bonchev–Trinajstić information content (AvgIpc) is 2.02. The van der Waals surface area contributed by atoms with Crippen molar-refractivity contribution >= 4 is 0 Å². The van der Waals surface area contributed by atoms with Crippen molar-refractivity contribution in [2.75, 3.05) is 0 Å². The Morgan fingerprint density at radius 3 is 2.00 bits per heavy atom. The molecule has 0 aliphatic heterocycles. The fraction of sp³-hybridized carbons (Fsp3) is 1.00. The van der Waals surface area contributed by atoms with Crippen LogP contribution in [0, 0.1) is 0 Å². The number of alkyl halides is 6. The van der Waals surface area contributed by atoms with Crippen LogP contribution >= 0.6 is 0 Å². The third-order valence-corrected chi connectivity index (χ3v) is 1.48. The molecule has 92 valence electrons. The molecule has 8 heteroatoms. The lowest BCUT2D eigenvalue weighted by Gasteiger charge is -2.24. The third-order valence-electron chi connectivity index (χ3n) is 1.48. The van der Waals surface area contributed by atoms with Gasteiger partial charge in [-0.2, -0.15) is 22.0 Å². The predicted octanol–water partition coefficient (Wildman–Crippen LogP) is 2.61. The molecule has 0 fully saturated rings. The summed E-state index contributed by atoms with van der Waals surface area (Å²) in [5.74, 6) is -5.62. The number of hydrogen-bond acceptors (Lipinski definition) is 2. The van der Waals surface area contributed by atoms with Crippen LogP contribution in [0.15, 0.2) is 0 Å². The Morgan fingerprint density at radius 2 is 1.67 bits per heavy atom. The Hall–Kier alpha value is -0.500. The molecule has 0 aromatic carbocycles. The Balaban J connectivity index is 4.37. The molecular formula is C7H10F6O2. The van der Waals surface area contributed by atoms with Gasteiger partial charge in [-0.15, -0.1) is 0 Å². The van der Waals surface area contributed by atoms with Crippen LogP contribution in [0.1, 0.15) is 19.8 Å². The summed E-state index contributed by atoms with van der Waals surface area (Å²) < 4.78 is 75.0. The molecule has 0 radical (unpaired) electrons. The molecule has 1 N–H and O–H groups in total. The lowest BCUT2D eigenvalue weighted by Crippen LogP contribution is -2.47. The normalized spacial score (nSPS) is 17.6. The first-order valence-electron chi connectivity index (χ1n) is 4.05. The van der Waals surface area contributed by atoms with Crippen molar-refractivity contribution in [1.29, 1.82) is 0 Å². The summed E-state index contributed by atoms with van der Waals surface area (Å²) in [5, 5.41) is 8.69. The fourth-order valence-corrected chi connectivity index (χ4v) is 0.667. The van der Waals surface area contributed by atoms with Gasteiger partial charge in [0, 0.05) is 0 Å². The maximum Gasteiger partial charge on any atom is 0.459 e. The second-order valence-corrected chi connectivity index (χ2v) is 2.82. The second kappa shape index (κ2) is 5.02. The summed E-state index contributed by atoms with van der Waals surface area (Å²) in [6.07, 6.45) is -11.9. The smallest absolute Gasteiger partial charge is 0.368 e. The van der Waals surface area contributed by atoms with Crippen LogP contribution in [0.4, 0.5) is 26.3 Å². The van der Waals surface area contributed by atoms with Crippen LogP contribution in [0.5, 0.6) is 0 Å². The Kier molecular flexibility index (Phi) is 4.85. The first-order chi connectivity index (χ1) is 6.63. The molecule has 2 unspecified atom stereocenters. The zero-order chi connectivity index (χ0) is 12.3. The number of aliphatic hydroxyl groups excluding tert-OH is 1. The number of halogens is 6. The van der Waals surface area contributed by atoms with Gasteiger partial charge < -0.3 is 9.84 Å². The fourth-order valence-electron chi connectivity index (χ4n) is 0.667. The predicted molar refractivity (Wildman–Crippen MR) is 37.9 cm³/mol. The van der Waals surface area contributed by atoms with Crippen LogP contribution in [-0.2, 0) is 4.74 Å². The third kappa shape index (κ3) is 3.86. The molecule has 0 aromatic rings. The van der Waals surface area contributed by atoms with E-state index in [1.807, 2.05) is 0 Å². The Labute approximate surface area is 81.8 Å². The van der Waals surface area contributed by atoms with Gasteiger partial charge in [-0.1, -0.05) is 13.3 Å². The molecule has 0 aromatic heterocycles. The van der Waals surface area contributed by atoms with Gasteiger partial charge in [-0.3, -0.25) is 0 Å².